The SMILES string of the molecule is C[C@H]1N(C)c2cc(NC(=O)c3cccs3)c([P@](=O)(Nc3ccc([N+](=O)[O-])cc3)N3CCOCC3)cc2C1(C)C. The average Bonchev–Trinajstić information content (AvgIpc) is 3.52. The number of benzene rings is 2. The summed E-state index contributed by atoms with van der Waals surface area (Å²) >= 11 is 1.33. The maximum Gasteiger partial charge on any atom is 0.269 e. The third-order valence-corrected chi connectivity index (χ3v) is 11.5. The Labute approximate surface area is 231 Å². The van der Waals surface area contributed by atoms with Crippen LogP contribution in [0, 0.1) is 10.1 Å². The maximum atomic E-state index is 15.3. The van der Waals surface area contributed by atoms with Crippen LogP contribution in [0.3, 0.4) is 0 Å². The zero-order valence-corrected chi connectivity index (χ0v) is 24.1. The number of amides is 1. The molecule has 3 aromatic rings. The lowest BCUT2D eigenvalue weighted by molar-refractivity contribution is -0.384. The van der Waals surface area contributed by atoms with Gasteiger partial charge in [0, 0.05) is 55.1 Å². The monoisotopic (exact) mass is 569 g/mol. The quantitative estimate of drug-likeness (QED) is 0.224. The first-order chi connectivity index (χ1) is 18.5. The van der Waals surface area contributed by atoms with Crippen molar-refractivity contribution in [3.63, 3.8) is 0 Å². The van der Waals surface area contributed by atoms with Crippen molar-refractivity contribution in [3.05, 3.63) is 74.5 Å². The van der Waals surface area contributed by atoms with Crippen LogP contribution in [-0.2, 0) is 14.7 Å². The highest BCUT2D eigenvalue weighted by atomic mass is 32.1. The molecule has 0 unspecified atom stereocenters. The van der Waals surface area contributed by atoms with E-state index in [1.54, 1.807) is 18.2 Å². The number of morpholine rings is 1. The van der Waals surface area contributed by atoms with Gasteiger partial charge in [0.05, 0.1) is 34.0 Å². The normalized spacial score (nSPS) is 20.2. The van der Waals surface area contributed by atoms with Gasteiger partial charge in [-0.15, -0.1) is 11.3 Å². The van der Waals surface area contributed by atoms with Gasteiger partial charge in [0.2, 0.25) is 0 Å². The summed E-state index contributed by atoms with van der Waals surface area (Å²) in [4.78, 5) is 26.7. The zero-order valence-electron chi connectivity index (χ0n) is 22.3. The average molecular weight is 570 g/mol. The van der Waals surface area contributed by atoms with Crippen molar-refractivity contribution in [2.75, 3.05) is 48.7 Å². The van der Waals surface area contributed by atoms with Gasteiger partial charge in [0.25, 0.3) is 19.0 Å². The molecule has 10 nitrogen and oxygen atoms in total. The number of hydrogen-bond donors (Lipinski definition) is 2. The molecule has 1 saturated heterocycles. The first kappa shape index (κ1) is 27.3. The fourth-order valence-electron chi connectivity index (χ4n) is 5.20. The fraction of sp³-hybridized carbons (Fsp3) is 0.370. The minimum atomic E-state index is -3.60. The van der Waals surface area contributed by atoms with E-state index in [0.717, 1.165) is 11.3 Å². The Bertz CT molecular complexity index is 1440. The van der Waals surface area contributed by atoms with Gasteiger partial charge in [-0.1, -0.05) is 19.9 Å². The molecule has 2 atom stereocenters. The van der Waals surface area contributed by atoms with E-state index in [0.29, 0.717) is 47.9 Å². The summed E-state index contributed by atoms with van der Waals surface area (Å²) in [5, 5.41) is 19.8. The van der Waals surface area contributed by atoms with E-state index in [4.69, 9.17) is 4.74 Å². The molecule has 0 aliphatic carbocycles. The van der Waals surface area contributed by atoms with E-state index in [2.05, 4.69) is 36.1 Å². The molecule has 39 heavy (non-hydrogen) atoms. The number of rotatable bonds is 7. The van der Waals surface area contributed by atoms with Crippen LogP contribution in [0.5, 0.6) is 0 Å². The first-order valence-corrected chi connectivity index (χ1v) is 15.3. The second-order valence-corrected chi connectivity index (χ2v) is 13.8. The van der Waals surface area contributed by atoms with Crippen molar-refractivity contribution in [2.24, 2.45) is 0 Å². The Hall–Kier alpha value is -3.24. The molecule has 2 N–H and O–H groups in total. The molecule has 3 heterocycles. The molecule has 5 rings (SSSR count). The molecule has 0 spiro atoms. The van der Waals surface area contributed by atoms with Crippen LogP contribution in [0.15, 0.2) is 53.9 Å². The molecule has 12 heteroatoms. The maximum absolute atomic E-state index is 15.3. The molecule has 0 radical (unpaired) electrons. The standard InChI is InChI=1S/C27H32N5O5PS/c1-18-27(2,3)21-16-24(22(17-23(21)30(18)4)28-26(33)25-6-5-15-39-25)38(36,31-11-13-37-14-12-31)29-19-7-9-20(10-8-19)32(34)35/h5-10,15-18H,11-14H2,1-4H3,(H,28,33)(H,29,36)/t18-,38+/m1/s1. The van der Waals surface area contributed by atoms with Crippen molar-refractivity contribution >= 4 is 52.7 Å². The van der Waals surface area contributed by atoms with Gasteiger partial charge in [0.15, 0.2) is 0 Å². The van der Waals surface area contributed by atoms with Crippen molar-refractivity contribution < 1.29 is 19.0 Å². The molecular formula is C27H32N5O5PS. The Morgan fingerprint density at radius 2 is 1.87 bits per heavy atom. The van der Waals surface area contributed by atoms with E-state index in [-0.39, 0.29) is 23.1 Å². The van der Waals surface area contributed by atoms with Gasteiger partial charge in [-0.05, 0) is 48.2 Å². The summed E-state index contributed by atoms with van der Waals surface area (Å²) in [5.41, 5.74) is 2.67. The summed E-state index contributed by atoms with van der Waals surface area (Å²) in [6, 6.07) is 13.5. The Balaban J connectivity index is 1.67. The number of ether oxygens (including phenoxy) is 1. The van der Waals surface area contributed by atoms with Crippen LogP contribution in [0.1, 0.15) is 36.0 Å². The van der Waals surface area contributed by atoms with Crippen LogP contribution in [0.25, 0.3) is 0 Å². The lowest BCUT2D eigenvalue weighted by atomic mass is 9.81. The molecule has 2 aliphatic rings. The second-order valence-electron chi connectivity index (χ2n) is 10.4. The van der Waals surface area contributed by atoms with Crippen LogP contribution in [0.4, 0.5) is 22.7 Å². The number of likely N-dealkylation sites (N-methyl/N-ethyl adjacent to an activating group) is 1. The summed E-state index contributed by atoms with van der Waals surface area (Å²) in [5.74, 6) is -0.275. The molecule has 1 amide bonds. The highest BCUT2D eigenvalue weighted by Gasteiger charge is 2.44. The molecule has 1 fully saturated rings. The van der Waals surface area contributed by atoms with Crippen molar-refractivity contribution in [2.45, 2.75) is 32.2 Å². The van der Waals surface area contributed by atoms with E-state index in [1.165, 1.54) is 23.5 Å². The van der Waals surface area contributed by atoms with Crippen LogP contribution >= 0.6 is 18.8 Å². The lowest BCUT2D eigenvalue weighted by Crippen LogP contribution is -2.40. The number of fused-ring (bicyclic) bond motifs is 1. The topological polar surface area (TPSA) is 117 Å². The van der Waals surface area contributed by atoms with Crippen molar-refractivity contribution in [1.82, 2.24) is 4.67 Å². The van der Waals surface area contributed by atoms with Crippen molar-refractivity contribution in [3.8, 4) is 0 Å². The number of non-ortho nitro benzene ring substituents is 1. The summed E-state index contributed by atoms with van der Waals surface area (Å²) in [6.07, 6.45) is 0. The number of carbonyl (C=O) groups excluding carboxylic acids is 1. The summed E-state index contributed by atoms with van der Waals surface area (Å²) < 4.78 is 22.7. The largest absolute Gasteiger partial charge is 0.379 e. The number of hydrogen-bond acceptors (Lipinski definition) is 7. The highest BCUT2D eigenvalue weighted by Crippen LogP contribution is 2.54. The minimum Gasteiger partial charge on any atom is -0.379 e. The zero-order chi connectivity index (χ0) is 27.9. The van der Waals surface area contributed by atoms with Gasteiger partial charge in [-0.3, -0.25) is 19.5 Å². The van der Waals surface area contributed by atoms with E-state index in [9.17, 15) is 14.9 Å². The summed E-state index contributed by atoms with van der Waals surface area (Å²) in [6.45, 7) is 8.16. The number of nitro groups is 1. The van der Waals surface area contributed by atoms with Gasteiger partial charge in [-0.2, -0.15) is 0 Å². The van der Waals surface area contributed by atoms with Gasteiger partial charge in [0.1, 0.15) is 0 Å². The first-order valence-electron chi connectivity index (χ1n) is 12.7. The van der Waals surface area contributed by atoms with Gasteiger partial charge in [-0.25, -0.2) is 4.67 Å². The van der Waals surface area contributed by atoms with E-state index in [1.807, 2.05) is 35.3 Å². The molecule has 2 aromatic carbocycles. The predicted molar refractivity (Wildman–Crippen MR) is 156 cm³/mol. The highest BCUT2D eigenvalue weighted by molar-refractivity contribution is 7.71. The smallest absolute Gasteiger partial charge is 0.269 e. The summed E-state index contributed by atoms with van der Waals surface area (Å²) in [7, 11) is -1.58. The number of thiophene rings is 1. The molecule has 1 aromatic heterocycles. The van der Waals surface area contributed by atoms with E-state index < -0.39 is 12.4 Å². The number of carbonyl (C=O) groups is 1. The lowest BCUT2D eigenvalue weighted by Gasteiger charge is -2.36. The second kappa shape index (κ2) is 10.4. The molecule has 0 saturated carbocycles. The molecule has 2 aliphatic heterocycles. The number of nitrogens with one attached hydrogen (secondary N) is 2. The van der Waals surface area contributed by atoms with Crippen LogP contribution in [-0.4, -0.2) is 54.9 Å². The Kier molecular flexibility index (Phi) is 7.28. The molecule has 0 bridgehead atoms. The Morgan fingerprint density at radius 3 is 2.49 bits per heavy atom. The third-order valence-electron chi connectivity index (χ3n) is 7.88. The van der Waals surface area contributed by atoms with E-state index >= 15 is 4.57 Å². The Morgan fingerprint density at radius 1 is 1.18 bits per heavy atom. The molecular weight excluding hydrogens is 537 g/mol. The number of nitrogens with zero attached hydrogens (tertiary/aromatic N) is 3. The number of nitro benzene ring substituents is 1. The third kappa shape index (κ3) is 4.96. The van der Waals surface area contributed by atoms with Gasteiger partial charge < -0.3 is 20.0 Å². The van der Waals surface area contributed by atoms with Gasteiger partial charge >= 0.3 is 0 Å². The van der Waals surface area contributed by atoms with Crippen molar-refractivity contribution in [1.29, 1.82) is 0 Å². The molecule has 206 valence electrons. The van der Waals surface area contributed by atoms with Crippen LogP contribution in [0.2, 0.25) is 0 Å². The fourth-order valence-corrected chi connectivity index (χ4v) is 8.36. The van der Waals surface area contributed by atoms with Crippen LogP contribution < -0.4 is 20.6 Å². The number of anilines is 3. The minimum absolute atomic E-state index is 0.0537. The predicted octanol–water partition coefficient (Wildman–Crippen LogP) is 5.29.